The molecule has 28 heavy (non-hydrogen) atoms. The lowest BCUT2D eigenvalue weighted by Gasteiger charge is -2.16. The number of ether oxygens (including phenoxy) is 2. The van der Waals surface area contributed by atoms with Crippen LogP contribution in [0.1, 0.15) is 37.8 Å². The summed E-state index contributed by atoms with van der Waals surface area (Å²) in [5, 5.41) is 0.592. The van der Waals surface area contributed by atoms with Crippen LogP contribution in [0.4, 0.5) is 0 Å². The predicted octanol–water partition coefficient (Wildman–Crippen LogP) is 3.77. The first-order valence-corrected chi connectivity index (χ1v) is 9.38. The van der Waals surface area contributed by atoms with Gasteiger partial charge in [0, 0.05) is 5.02 Å². The molecule has 0 bridgehead atoms. The lowest BCUT2D eigenvalue weighted by Crippen LogP contribution is -2.48. The number of nitrogens with one attached hydrogen (secondary N) is 2. The van der Waals surface area contributed by atoms with E-state index in [0.717, 1.165) is 5.56 Å². The van der Waals surface area contributed by atoms with Gasteiger partial charge in [0.15, 0.2) is 12.7 Å². The summed E-state index contributed by atoms with van der Waals surface area (Å²) in [5.74, 6) is 0.594. The van der Waals surface area contributed by atoms with E-state index in [-0.39, 0.29) is 6.61 Å². The van der Waals surface area contributed by atoms with E-state index in [1.165, 1.54) is 5.56 Å². The molecule has 0 spiro atoms. The number of amides is 2. The van der Waals surface area contributed by atoms with Crippen molar-refractivity contribution < 1.29 is 19.1 Å². The average Bonchev–Trinajstić information content (AvgIpc) is 2.65. The van der Waals surface area contributed by atoms with E-state index in [9.17, 15) is 9.59 Å². The van der Waals surface area contributed by atoms with Crippen LogP contribution in [-0.2, 0) is 9.59 Å². The third kappa shape index (κ3) is 6.46. The number of aryl methyl sites for hydroxylation is 1. The van der Waals surface area contributed by atoms with Crippen LogP contribution in [0.5, 0.6) is 11.5 Å². The number of hydrazine groups is 1. The molecule has 2 N–H and O–H groups in total. The Morgan fingerprint density at radius 2 is 1.71 bits per heavy atom. The summed E-state index contributed by atoms with van der Waals surface area (Å²) in [7, 11) is 0. The van der Waals surface area contributed by atoms with Crippen LogP contribution in [-0.4, -0.2) is 24.5 Å². The van der Waals surface area contributed by atoms with E-state index < -0.39 is 17.9 Å². The molecule has 0 aliphatic rings. The van der Waals surface area contributed by atoms with Crippen molar-refractivity contribution in [1.29, 1.82) is 0 Å². The Morgan fingerprint density at radius 1 is 1.04 bits per heavy atom. The number of hydrogen-bond donors (Lipinski definition) is 2. The largest absolute Gasteiger partial charge is 0.483 e. The average molecular weight is 405 g/mol. The summed E-state index contributed by atoms with van der Waals surface area (Å²) in [4.78, 5) is 24.0. The van der Waals surface area contributed by atoms with E-state index in [0.29, 0.717) is 22.4 Å². The van der Waals surface area contributed by atoms with Crippen LogP contribution < -0.4 is 20.3 Å². The molecule has 0 unspecified atom stereocenters. The van der Waals surface area contributed by atoms with Gasteiger partial charge in [-0.25, -0.2) is 0 Å². The van der Waals surface area contributed by atoms with Crippen molar-refractivity contribution in [2.75, 3.05) is 6.61 Å². The van der Waals surface area contributed by atoms with Crippen molar-refractivity contribution in [2.24, 2.45) is 0 Å². The topological polar surface area (TPSA) is 76.7 Å². The Labute approximate surface area is 170 Å². The first kappa shape index (κ1) is 21.6. The first-order valence-electron chi connectivity index (χ1n) is 9.00. The molecule has 1 atom stereocenters. The molecule has 0 fully saturated rings. The van der Waals surface area contributed by atoms with Crippen LogP contribution >= 0.6 is 11.6 Å². The molecule has 0 aliphatic heterocycles. The van der Waals surface area contributed by atoms with Gasteiger partial charge in [0.2, 0.25) is 0 Å². The predicted molar refractivity (Wildman–Crippen MR) is 109 cm³/mol. The number of rotatable bonds is 7. The summed E-state index contributed by atoms with van der Waals surface area (Å²) in [6.07, 6.45) is -0.773. The van der Waals surface area contributed by atoms with Gasteiger partial charge < -0.3 is 9.47 Å². The van der Waals surface area contributed by atoms with Gasteiger partial charge in [0.1, 0.15) is 11.5 Å². The van der Waals surface area contributed by atoms with Gasteiger partial charge in [0.25, 0.3) is 11.8 Å². The van der Waals surface area contributed by atoms with Crippen LogP contribution in [0.15, 0.2) is 42.5 Å². The molecule has 2 amide bonds. The van der Waals surface area contributed by atoms with Crippen LogP contribution in [0.25, 0.3) is 0 Å². The zero-order valence-corrected chi connectivity index (χ0v) is 17.2. The van der Waals surface area contributed by atoms with Crippen molar-refractivity contribution in [2.45, 2.75) is 39.7 Å². The molecule has 2 rings (SSSR count). The second-order valence-electron chi connectivity index (χ2n) is 6.72. The number of hydrogen-bond acceptors (Lipinski definition) is 4. The highest BCUT2D eigenvalue weighted by molar-refractivity contribution is 6.30. The normalized spacial score (nSPS) is 11.6. The van der Waals surface area contributed by atoms with Gasteiger partial charge in [-0.1, -0.05) is 37.6 Å². The quantitative estimate of drug-likeness (QED) is 0.689. The Morgan fingerprint density at radius 3 is 2.32 bits per heavy atom. The number of carbonyl (C=O) groups is 2. The van der Waals surface area contributed by atoms with Crippen molar-refractivity contribution in [1.82, 2.24) is 10.9 Å². The summed E-state index contributed by atoms with van der Waals surface area (Å²) in [6, 6.07) is 12.7. The highest BCUT2D eigenvalue weighted by Crippen LogP contribution is 2.21. The van der Waals surface area contributed by atoms with Gasteiger partial charge in [-0.15, -0.1) is 0 Å². The van der Waals surface area contributed by atoms with Gasteiger partial charge in [-0.2, -0.15) is 0 Å². The maximum atomic E-state index is 12.1. The SMILES string of the molecule is Cc1cc(Cl)ccc1OCC(=O)NNC(=O)[C@@H](C)Oc1ccc(C(C)C)cc1. The minimum atomic E-state index is -0.773. The van der Waals surface area contributed by atoms with Crippen molar-refractivity contribution in [3.63, 3.8) is 0 Å². The molecule has 150 valence electrons. The fourth-order valence-corrected chi connectivity index (χ4v) is 2.60. The molecule has 2 aromatic rings. The van der Waals surface area contributed by atoms with E-state index in [2.05, 4.69) is 24.7 Å². The van der Waals surface area contributed by atoms with Crippen molar-refractivity contribution >= 4 is 23.4 Å². The molecule has 2 aromatic carbocycles. The van der Waals surface area contributed by atoms with Crippen LogP contribution in [0.3, 0.4) is 0 Å². The first-order chi connectivity index (χ1) is 13.3. The Bertz CT molecular complexity index is 822. The summed E-state index contributed by atoms with van der Waals surface area (Å²) in [5.41, 5.74) is 6.63. The van der Waals surface area contributed by atoms with Gasteiger partial charge in [-0.3, -0.25) is 20.4 Å². The van der Waals surface area contributed by atoms with E-state index in [1.807, 2.05) is 31.2 Å². The summed E-state index contributed by atoms with van der Waals surface area (Å²) >= 11 is 5.88. The van der Waals surface area contributed by atoms with E-state index >= 15 is 0 Å². The Hall–Kier alpha value is -2.73. The second kappa shape index (κ2) is 9.99. The standard InChI is InChI=1S/C21H25ClN2O4/c1-13(2)16-5-8-18(9-6-16)28-15(4)21(26)24-23-20(25)12-27-19-10-7-17(22)11-14(19)3/h5-11,13,15H,12H2,1-4H3,(H,23,25)(H,24,26)/t15-/m1/s1. The zero-order valence-electron chi connectivity index (χ0n) is 16.4. The van der Waals surface area contributed by atoms with Gasteiger partial charge in [-0.05, 0) is 61.2 Å². The van der Waals surface area contributed by atoms with Gasteiger partial charge in [0.05, 0.1) is 0 Å². The van der Waals surface area contributed by atoms with Crippen molar-refractivity contribution in [3.05, 3.63) is 58.6 Å². The number of halogens is 1. The Balaban J connectivity index is 1.76. The zero-order chi connectivity index (χ0) is 20.7. The highest BCUT2D eigenvalue weighted by Gasteiger charge is 2.16. The van der Waals surface area contributed by atoms with Crippen molar-refractivity contribution in [3.8, 4) is 11.5 Å². The highest BCUT2D eigenvalue weighted by atomic mass is 35.5. The number of carbonyl (C=O) groups excluding carboxylic acids is 2. The number of benzene rings is 2. The van der Waals surface area contributed by atoms with Gasteiger partial charge >= 0.3 is 0 Å². The Kier molecular flexibility index (Phi) is 7.70. The lowest BCUT2D eigenvalue weighted by atomic mass is 10.0. The second-order valence-corrected chi connectivity index (χ2v) is 7.16. The molecular formula is C21H25ClN2O4. The maximum absolute atomic E-state index is 12.1. The minimum Gasteiger partial charge on any atom is -0.483 e. The maximum Gasteiger partial charge on any atom is 0.279 e. The molecule has 0 heterocycles. The molecule has 0 saturated heterocycles. The summed E-state index contributed by atoms with van der Waals surface area (Å²) < 4.78 is 11.0. The molecular weight excluding hydrogens is 380 g/mol. The molecule has 0 aliphatic carbocycles. The third-order valence-electron chi connectivity index (χ3n) is 4.05. The summed E-state index contributed by atoms with van der Waals surface area (Å²) in [6.45, 7) is 7.40. The van der Waals surface area contributed by atoms with E-state index in [1.54, 1.807) is 25.1 Å². The van der Waals surface area contributed by atoms with Crippen LogP contribution in [0, 0.1) is 6.92 Å². The molecule has 0 radical (unpaired) electrons. The molecule has 7 heteroatoms. The minimum absolute atomic E-state index is 0.241. The third-order valence-corrected chi connectivity index (χ3v) is 4.28. The lowest BCUT2D eigenvalue weighted by molar-refractivity contribution is -0.133. The van der Waals surface area contributed by atoms with Crippen LogP contribution in [0.2, 0.25) is 5.02 Å². The molecule has 6 nitrogen and oxygen atoms in total. The smallest absolute Gasteiger partial charge is 0.279 e. The van der Waals surface area contributed by atoms with E-state index in [4.69, 9.17) is 21.1 Å². The monoisotopic (exact) mass is 404 g/mol. The molecule has 0 aromatic heterocycles. The molecule has 0 saturated carbocycles. The fraction of sp³-hybridized carbons (Fsp3) is 0.333. The fourth-order valence-electron chi connectivity index (χ4n) is 2.38.